The van der Waals surface area contributed by atoms with Gasteiger partial charge in [0.25, 0.3) is 0 Å². The molecule has 4 heteroatoms. The smallest absolute Gasteiger partial charge is 0.0491 e. The molecule has 4 nitrogen and oxygen atoms in total. The normalized spacial score (nSPS) is 18.1. The highest BCUT2D eigenvalue weighted by molar-refractivity contribution is 5.88. The van der Waals surface area contributed by atoms with Crippen molar-refractivity contribution in [3.63, 3.8) is 0 Å². The number of hydrogen-bond donors (Lipinski definition) is 2. The first-order chi connectivity index (χ1) is 12.0. The quantitative estimate of drug-likeness (QED) is 0.847. The van der Waals surface area contributed by atoms with Gasteiger partial charge < -0.3 is 15.2 Å². The minimum atomic E-state index is 0.540. The number of benzene rings is 1. The second kappa shape index (κ2) is 7.90. The highest BCUT2D eigenvalue weighted by Crippen LogP contribution is 2.26. The van der Waals surface area contributed by atoms with Crippen LogP contribution >= 0.6 is 0 Å². The van der Waals surface area contributed by atoms with Crippen LogP contribution in [-0.4, -0.2) is 67.1 Å². The summed E-state index contributed by atoms with van der Waals surface area (Å²) in [6.07, 6.45) is 1.08. The van der Waals surface area contributed by atoms with Gasteiger partial charge in [-0.1, -0.05) is 12.1 Å². The van der Waals surface area contributed by atoms with Crippen molar-refractivity contribution in [1.82, 2.24) is 20.1 Å². The number of rotatable bonds is 6. The number of aromatic amines is 1. The monoisotopic (exact) mass is 342 g/mol. The molecule has 3 rings (SSSR count). The second-order valence-electron chi connectivity index (χ2n) is 7.87. The molecule has 25 heavy (non-hydrogen) atoms. The average Bonchev–Trinajstić information content (AvgIpc) is 2.90. The van der Waals surface area contributed by atoms with E-state index in [0.717, 1.165) is 19.5 Å². The number of piperazine rings is 1. The number of fused-ring (bicyclic) bond motifs is 1. The molecule has 0 saturated carbocycles. The van der Waals surface area contributed by atoms with Crippen LogP contribution in [0.25, 0.3) is 10.9 Å². The van der Waals surface area contributed by atoms with Gasteiger partial charge in [0.15, 0.2) is 0 Å². The van der Waals surface area contributed by atoms with Crippen LogP contribution in [0, 0.1) is 20.8 Å². The zero-order valence-electron chi connectivity index (χ0n) is 16.6. The van der Waals surface area contributed by atoms with Gasteiger partial charge in [-0.3, -0.25) is 4.90 Å². The van der Waals surface area contributed by atoms with Crippen molar-refractivity contribution in [2.45, 2.75) is 40.2 Å². The number of hydrogen-bond acceptors (Lipinski definition) is 3. The maximum absolute atomic E-state index is 3.73. The summed E-state index contributed by atoms with van der Waals surface area (Å²) >= 11 is 0. The Labute approximate surface area is 152 Å². The Morgan fingerprint density at radius 2 is 1.84 bits per heavy atom. The van der Waals surface area contributed by atoms with Crippen molar-refractivity contribution in [3.8, 4) is 0 Å². The minimum absolute atomic E-state index is 0.540. The number of aryl methyl sites for hydroxylation is 3. The van der Waals surface area contributed by atoms with E-state index in [4.69, 9.17) is 0 Å². The van der Waals surface area contributed by atoms with Gasteiger partial charge in [-0.25, -0.2) is 0 Å². The van der Waals surface area contributed by atoms with Gasteiger partial charge in [-0.2, -0.15) is 0 Å². The van der Waals surface area contributed by atoms with Gasteiger partial charge in [0, 0.05) is 55.4 Å². The van der Waals surface area contributed by atoms with Gasteiger partial charge >= 0.3 is 0 Å². The number of likely N-dealkylation sites (N-methyl/N-ethyl adjacent to an activating group) is 1. The maximum Gasteiger partial charge on any atom is 0.0491 e. The van der Waals surface area contributed by atoms with Crippen LogP contribution in [0.4, 0.5) is 0 Å². The largest absolute Gasteiger partial charge is 0.358 e. The predicted molar refractivity (Wildman–Crippen MR) is 108 cm³/mol. The van der Waals surface area contributed by atoms with E-state index in [-0.39, 0.29) is 0 Å². The molecule has 0 amide bonds. The van der Waals surface area contributed by atoms with E-state index in [1.807, 2.05) is 0 Å². The molecule has 1 fully saturated rings. The molecule has 2 aromatic rings. The fourth-order valence-corrected chi connectivity index (χ4v) is 3.94. The molecule has 1 aromatic heterocycles. The number of H-pyrrole nitrogens is 1. The van der Waals surface area contributed by atoms with Crippen molar-refractivity contribution < 1.29 is 0 Å². The third-order valence-corrected chi connectivity index (χ3v) is 5.82. The predicted octanol–water partition coefficient (Wildman–Crippen LogP) is 2.86. The van der Waals surface area contributed by atoms with Crippen molar-refractivity contribution >= 4 is 10.9 Å². The molecule has 0 bridgehead atoms. The highest BCUT2D eigenvalue weighted by atomic mass is 15.3. The van der Waals surface area contributed by atoms with E-state index in [1.54, 1.807) is 0 Å². The van der Waals surface area contributed by atoms with Crippen LogP contribution in [-0.2, 0) is 6.42 Å². The van der Waals surface area contributed by atoms with E-state index >= 15 is 0 Å². The Morgan fingerprint density at radius 3 is 2.56 bits per heavy atom. The lowest BCUT2D eigenvalue weighted by atomic mass is 10.0. The van der Waals surface area contributed by atoms with Gasteiger partial charge in [0.1, 0.15) is 0 Å². The summed E-state index contributed by atoms with van der Waals surface area (Å²) in [5.41, 5.74) is 6.84. The standard InChI is InChI=1S/C21H34N4/c1-15-6-7-20-19(18(4)23-21(20)17(15)3)8-9-22-16(2)14-25-12-10-24(5)11-13-25/h6-7,16,22-23H,8-14H2,1-5H3. The summed E-state index contributed by atoms with van der Waals surface area (Å²) in [6, 6.07) is 5.07. The first-order valence-corrected chi connectivity index (χ1v) is 9.67. The lowest BCUT2D eigenvalue weighted by Gasteiger charge is -2.34. The van der Waals surface area contributed by atoms with Crippen molar-refractivity contribution in [2.75, 3.05) is 46.3 Å². The molecule has 2 heterocycles. The Hall–Kier alpha value is -1.36. The summed E-state index contributed by atoms with van der Waals surface area (Å²) < 4.78 is 0. The lowest BCUT2D eigenvalue weighted by molar-refractivity contribution is 0.144. The minimum Gasteiger partial charge on any atom is -0.358 e. The molecule has 0 radical (unpaired) electrons. The fourth-order valence-electron chi connectivity index (χ4n) is 3.94. The van der Waals surface area contributed by atoms with Crippen LogP contribution in [0.2, 0.25) is 0 Å². The van der Waals surface area contributed by atoms with Crippen LogP contribution in [0.1, 0.15) is 29.3 Å². The first-order valence-electron chi connectivity index (χ1n) is 9.67. The molecule has 1 aromatic carbocycles. The van der Waals surface area contributed by atoms with Crippen LogP contribution in [0.15, 0.2) is 12.1 Å². The van der Waals surface area contributed by atoms with E-state index in [2.05, 4.69) is 67.0 Å². The van der Waals surface area contributed by atoms with Gasteiger partial charge in [-0.15, -0.1) is 0 Å². The summed E-state index contributed by atoms with van der Waals surface area (Å²) in [4.78, 5) is 8.60. The van der Waals surface area contributed by atoms with Crippen molar-refractivity contribution in [2.24, 2.45) is 0 Å². The summed E-state index contributed by atoms with van der Waals surface area (Å²) in [7, 11) is 2.21. The number of nitrogens with one attached hydrogen (secondary N) is 2. The molecule has 1 aliphatic heterocycles. The second-order valence-corrected chi connectivity index (χ2v) is 7.87. The van der Waals surface area contributed by atoms with E-state index in [1.165, 1.54) is 59.5 Å². The van der Waals surface area contributed by atoms with E-state index < -0.39 is 0 Å². The third-order valence-electron chi connectivity index (χ3n) is 5.82. The zero-order chi connectivity index (χ0) is 18.0. The van der Waals surface area contributed by atoms with Gasteiger partial charge in [0.05, 0.1) is 0 Å². The molecular formula is C21H34N4. The Balaban J connectivity index is 1.54. The molecule has 1 aliphatic rings. The van der Waals surface area contributed by atoms with Crippen LogP contribution < -0.4 is 5.32 Å². The van der Waals surface area contributed by atoms with Crippen molar-refractivity contribution in [3.05, 3.63) is 34.5 Å². The number of nitrogens with zero attached hydrogens (tertiary/aromatic N) is 2. The molecular weight excluding hydrogens is 308 g/mol. The SMILES string of the molecule is Cc1ccc2c(CCNC(C)CN3CCN(C)CC3)c(C)[nH]c2c1C. The first kappa shape index (κ1) is 18.4. The van der Waals surface area contributed by atoms with Crippen molar-refractivity contribution in [1.29, 1.82) is 0 Å². The summed E-state index contributed by atoms with van der Waals surface area (Å²) in [6.45, 7) is 15.9. The molecule has 2 N–H and O–H groups in total. The Morgan fingerprint density at radius 1 is 1.12 bits per heavy atom. The summed E-state index contributed by atoms with van der Waals surface area (Å²) in [5.74, 6) is 0. The van der Waals surface area contributed by atoms with Crippen LogP contribution in [0.3, 0.4) is 0 Å². The lowest BCUT2D eigenvalue weighted by Crippen LogP contribution is -2.49. The molecule has 0 aliphatic carbocycles. The zero-order valence-corrected chi connectivity index (χ0v) is 16.6. The third kappa shape index (κ3) is 4.25. The molecule has 138 valence electrons. The topological polar surface area (TPSA) is 34.3 Å². The van der Waals surface area contributed by atoms with Crippen LogP contribution in [0.5, 0.6) is 0 Å². The van der Waals surface area contributed by atoms with E-state index in [9.17, 15) is 0 Å². The number of aromatic nitrogens is 1. The summed E-state index contributed by atoms with van der Waals surface area (Å²) in [5, 5.41) is 5.13. The molecule has 0 spiro atoms. The molecule has 1 unspecified atom stereocenters. The van der Waals surface area contributed by atoms with Gasteiger partial charge in [-0.05, 0) is 64.4 Å². The molecule has 1 saturated heterocycles. The van der Waals surface area contributed by atoms with E-state index in [0.29, 0.717) is 6.04 Å². The Kier molecular flexibility index (Phi) is 5.82. The van der Waals surface area contributed by atoms with Gasteiger partial charge in [0.2, 0.25) is 0 Å². The Bertz CT molecular complexity index is 710. The highest BCUT2D eigenvalue weighted by Gasteiger charge is 2.16. The molecule has 1 atom stereocenters. The fraction of sp³-hybridized carbons (Fsp3) is 0.619. The maximum atomic E-state index is 3.73. The average molecular weight is 343 g/mol.